The molecule has 62 valence electrons. The molecule has 0 saturated heterocycles. The Hall–Kier alpha value is -1.16. The monoisotopic (exact) mass is 182 g/mol. The quantitative estimate of drug-likeness (QED) is 0.672. The van der Waals surface area contributed by atoms with Crippen LogP contribution in [-0.2, 0) is 6.54 Å². The van der Waals surface area contributed by atoms with Crippen molar-refractivity contribution in [1.29, 1.82) is 0 Å². The molecule has 0 amide bonds. The first-order valence-corrected chi connectivity index (χ1v) is 4.02. The van der Waals surface area contributed by atoms with Crippen molar-refractivity contribution in [2.45, 2.75) is 13.5 Å². The van der Waals surface area contributed by atoms with Crippen LogP contribution in [0, 0.1) is 0 Å². The van der Waals surface area contributed by atoms with Crippen LogP contribution in [0.1, 0.15) is 6.92 Å². The van der Waals surface area contributed by atoms with Gasteiger partial charge in [0.05, 0.1) is 17.5 Å². The highest BCUT2D eigenvalue weighted by Gasteiger charge is 2.05. The predicted molar refractivity (Wildman–Crippen MR) is 46.0 cm³/mol. The summed E-state index contributed by atoms with van der Waals surface area (Å²) in [5, 5.41) is 8.24. The molecule has 0 radical (unpaired) electrons. The zero-order valence-corrected chi connectivity index (χ0v) is 7.28. The molecule has 0 aliphatic carbocycles. The van der Waals surface area contributed by atoms with E-state index in [0.29, 0.717) is 10.5 Å². The van der Waals surface area contributed by atoms with E-state index in [4.69, 9.17) is 11.6 Å². The van der Waals surface area contributed by atoms with Crippen LogP contribution in [0.2, 0.25) is 5.02 Å². The van der Waals surface area contributed by atoms with Gasteiger partial charge in [-0.2, -0.15) is 5.10 Å². The fraction of sp³-hybridized carbons (Fsp3) is 0.286. The SMILES string of the molecule is CCn1cnc2c(Cl)cnnc21. The Bertz CT molecular complexity index is 409. The van der Waals surface area contributed by atoms with Crippen LogP contribution >= 0.6 is 11.6 Å². The van der Waals surface area contributed by atoms with Crippen LogP contribution in [0.4, 0.5) is 0 Å². The minimum absolute atomic E-state index is 0.548. The molecule has 2 aromatic heterocycles. The number of hydrogen-bond donors (Lipinski definition) is 0. The maximum absolute atomic E-state index is 5.85. The summed E-state index contributed by atoms with van der Waals surface area (Å²) in [4.78, 5) is 4.12. The topological polar surface area (TPSA) is 43.6 Å². The fourth-order valence-electron chi connectivity index (χ4n) is 1.08. The third-order valence-electron chi connectivity index (χ3n) is 1.70. The Labute approximate surface area is 74.2 Å². The second kappa shape index (κ2) is 2.71. The summed E-state index contributed by atoms with van der Waals surface area (Å²) in [7, 11) is 0. The van der Waals surface area contributed by atoms with E-state index in [1.807, 2.05) is 11.5 Å². The van der Waals surface area contributed by atoms with Crippen molar-refractivity contribution in [2.24, 2.45) is 0 Å². The maximum atomic E-state index is 5.85. The molecule has 5 heteroatoms. The second-order valence-corrected chi connectivity index (χ2v) is 2.80. The zero-order valence-electron chi connectivity index (χ0n) is 6.53. The van der Waals surface area contributed by atoms with Crippen LogP contribution in [0.15, 0.2) is 12.5 Å². The summed E-state index contributed by atoms with van der Waals surface area (Å²) >= 11 is 5.85. The molecule has 2 rings (SSSR count). The van der Waals surface area contributed by atoms with E-state index in [2.05, 4.69) is 15.2 Å². The first kappa shape index (κ1) is 7.49. The van der Waals surface area contributed by atoms with Gasteiger partial charge in [-0.05, 0) is 6.92 Å². The number of aromatic nitrogens is 4. The van der Waals surface area contributed by atoms with Crippen molar-refractivity contribution >= 4 is 22.8 Å². The number of aryl methyl sites for hydroxylation is 1. The Morgan fingerprint density at radius 2 is 2.42 bits per heavy atom. The van der Waals surface area contributed by atoms with E-state index in [1.54, 1.807) is 6.33 Å². The Morgan fingerprint density at radius 3 is 3.17 bits per heavy atom. The highest BCUT2D eigenvalue weighted by atomic mass is 35.5. The minimum Gasteiger partial charge on any atom is -0.314 e. The molecule has 0 fully saturated rings. The Kier molecular flexibility index (Phi) is 1.69. The lowest BCUT2D eigenvalue weighted by Crippen LogP contribution is -1.94. The van der Waals surface area contributed by atoms with Crippen molar-refractivity contribution in [1.82, 2.24) is 19.7 Å². The molecule has 0 aliphatic heterocycles. The van der Waals surface area contributed by atoms with Crippen molar-refractivity contribution in [3.8, 4) is 0 Å². The summed E-state index contributed by atoms with van der Waals surface area (Å²) in [6.45, 7) is 2.84. The minimum atomic E-state index is 0.548. The van der Waals surface area contributed by atoms with Gasteiger partial charge in [0.2, 0.25) is 0 Å². The van der Waals surface area contributed by atoms with Gasteiger partial charge in [-0.25, -0.2) is 4.98 Å². The number of rotatable bonds is 1. The van der Waals surface area contributed by atoms with Crippen molar-refractivity contribution in [3.05, 3.63) is 17.5 Å². The van der Waals surface area contributed by atoms with E-state index < -0.39 is 0 Å². The number of fused-ring (bicyclic) bond motifs is 1. The van der Waals surface area contributed by atoms with E-state index in [9.17, 15) is 0 Å². The lowest BCUT2D eigenvalue weighted by Gasteiger charge is -1.95. The molecule has 4 nitrogen and oxygen atoms in total. The summed E-state index contributed by atoms with van der Waals surface area (Å²) in [6.07, 6.45) is 3.21. The predicted octanol–water partition coefficient (Wildman–Crippen LogP) is 1.50. The molecule has 0 aliphatic rings. The fourth-order valence-corrected chi connectivity index (χ4v) is 1.25. The molecule has 12 heavy (non-hydrogen) atoms. The van der Waals surface area contributed by atoms with Gasteiger partial charge in [0.1, 0.15) is 5.52 Å². The van der Waals surface area contributed by atoms with Gasteiger partial charge >= 0.3 is 0 Å². The highest BCUT2D eigenvalue weighted by molar-refractivity contribution is 6.34. The van der Waals surface area contributed by atoms with E-state index >= 15 is 0 Å². The lowest BCUT2D eigenvalue weighted by atomic mass is 10.5. The Morgan fingerprint density at radius 1 is 1.58 bits per heavy atom. The Balaban J connectivity index is 2.80. The van der Waals surface area contributed by atoms with Crippen molar-refractivity contribution in [3.63, 3.8) is 0 Å². The summed E-state index contributed by atoms with van der Waals surface area (Å²) in [5.41, 5.74) is 1.46. The number of hydrogen-bond acceptors (Lipinski definition) is 3. The van der Waals surface area contributed by atoms with Gasteiger partial charge in [0.25, 0.3) is 0 Å². The van der Waals surface area contributed by atoms with Gasteiger partial charge in [0, 0.05) is 6.54 Å². The van der Waals surface area contributed by atoms with Gasteiger partial charge in [-0.15, -0.1) is 5.10 Å². The van der Waals surface area contributed by atoms with E-state index in [-0.39, 0.29) is 0 Å². The van der Waals surface area contributed by atoms with Crippen molar-refractivity contribution < 1.29 is 0 Å². The molecule has 2 aromatic rings. The van der Waals surface area contributed by atoms with E-state index in [0.717, 1.165) is 12.2 Å². The molecule has 0 aromatic carbocycles. The first-order chi connectivity index (χ1) is 5.83. The average molecular weight is 183 g/mol. The van der Waals surface area contributed by atoms with Gasteiger partial charge < -0.3 is 4.57 Å². The largest absolute Gasteiger partial charge is 0.314 e. The van der Waals surface area contributed by atoms with Crippen LogP contribution in [0.5, 0.6) is 0 Å². The molecule has 0 spiro atoms. The second-order valence-electron chi connectivity index (χ2n) is 2.40. The number of imidazole rings is 1. The third kappa shape index (κ3) is 0.956. The summed E-state index contributed by atoms with van der Waals surface area (Å²) in [5.74, 6) is 0. The zero-order chi connectivity index (χ0) is 8.55. The standard InChI is InChI=1S/C7H7ClN4/c1-2-12-4-9-6-5(8)3-10-11-7(6)12/h3-4H,2H2,1H3. The van der Waals surface area contributed by atoms with Gasteiger partial charge in [0.15, 0.2) is 5.65 Å². The number of nitrogens with zero attached hydrogens (tertiary/aromatic N) is 4. The van der Waals surface area contributed by atoms with Crippen molar-refractivity contribution in [2.75, 3.05) is 0 Å². The molecular formula is C7H7ClN4. The van der Waals surface area contributed by atoms with Crippen LogP contribution in [0.3, 0.4) is 0 Å². The van der Waals surface area contributed by atoms with Crippen LogP contribution in [0.25, 0.3) is 11.2 Å². The average Bonchev–Trinajstić information content (AvgIpc) is 2.49. The molecule has 2 heterocycles. The first-order valence-electron chi connectivity index (χ1n) is 3.65. The molecule has 0 N–H and O–H groups in total. The normalized spacial score (nSPS) is 10.8. The molecule has 0 bridgehead atoms. The van der Waals surface area contributed by atoms with Gasteiger partial charge in [-0.3, -0.25) is 0 Å². The summed E-state index contributed by atoms with van der Waals surface area (Å²) < 4.78 is 1.90. The summed E-state index contributed by atoms with van der Waals surface area (Å²) in [6, 6.07) is 0. The molecule has 0 saturated carbocycles. The molecule has 0 atom stereocenters. The van der Waals surface area contributed by atoms with E-state index in [1.165, 1.54) is 6.20 Å². The lowest BCUT2D eigenvalue weighted by molar-refractivity contribution is 0.770. The smallest absolute Gasteiger partial charge is 0.183 e. The van der Waals surface area contributed by atoms with Crippen LogP contribution < -0.4 is 0 Å². The van der Waals surface area contributed by atoms with Gasteiger partial charge in [-0.1, -0.05) is 11.6 Å². The molecule has 0 unspecified atom stereocenters. The maximum Gasteiger partial charge on any atom is 0.183 e. The van der Waals surface area contributed by atoms with Crippen LogP contribution in [-0.4, -0.2) is 19.7 Å². The third-order valence-corrected chi connectivity index (χ3v) is 1.98. The highest BCUT2D eigenvalue weighted by Crippen LogP contribution is 2.17. The molecular weight excluding hydrogens is 176 g/mol. The number of halogens is 1.